The summed E-state index contributed by atoms with van der Waals surface area (Å²) in [6.07, 6.45) is -4.43. The fourth-order valence-electron chi connectivity index (χ4n) is 9.80. The first-order chi connectivity index (χ1) is 36.8. The number of unbranched alkanes of at least 4 members (excludes halogenated alkanes) is 7. The maximum Gasteiger partial charge on any atom is 0.320 e. The number of rotatable bonds is 21. The third-order valence-corrected chi connectivity index (χ3v) is 16.6. The van der Waals surface area contributed by atoms with Gasteiger partial charge in [-0.2, -0.15) is 0 Å². The third-order valence-electron chi connectivity index (χ3n) is 14.7. The Morgan fingerprint density at radius 1 is 0.769 bits per heavy atom. The molecule has 0 aromatic heterocycles. The fourth-order valence-corrected chi connectivity index (χ4v) is 11.3. The van der Waals surface area contributed by atoms with Gasteiger partial charge in [0.1, 0.15) is 60.0 Å². The number of amides is 7. The van der Waals surface area contributed by atoms with Gasteiger partial charge in [0, 0.05) is 38.3 Å². The fraction of sp³-hybridized carbons (Fsp3) is 0.725. The summed E-state index contributed by atoms with van der Waals surface area (Å²) in [6, 6.07) is -7.58. The highest BCUT2D eigenvalue weighted by Gasteiger charge is 2.51. The van der Waals surface area contributed by atoms with Crippen molar-refractivity contribution in [3.8, 4) is 5.75 Å². The van der Waals surface area contributed by atoms with Gasteiger partial charge in [-0.15, -0.1) is 0 Å². The molecule has 0 saturated carbocycles. The van der Waals surface area contributed by atoms with Crippen molar-refractivity contribution < 1.29 is 92.4 Å². The Balaban J connectivity index is 1.78. The van der Waals surface area contributed by atoms with Crippen LogP contribution in [0, 0.1) is 11.8 Å². The van der Waals surface area contributed by atoms with Crippen LogP contribution in [0.4, 0.5) is 0 Å². The van der Waals surface area contributed by atoms with Crippen molar-refractivity contribution in [2.45, 2.75) is 189 Å². The Morgan fingerprint density at radius 2 is 1.37 bits per heavy atom. The molecule has 1 aromatic rings. The smallest absolute Gasteiger partial charge is 0.320 e. The van der Waals surface area contributed by atoms with Gasteiger partial charge in [-0.25, -0.2) is 8.42 Å². The second kappa shape index (κ2) is 30.2. The highest BCUT2D eigenvalue weighted by atomic mass is 32.2. The standard InChI is InChI=1S/C51H81N7O19S/c1-6-27(2)15-13-11-9-7-8-10-12-14-16-37(64)52-33-22-36(63)49(78(75,76)26-38(65)77-5)56-48(72)41-42(66)28(3)23-58(41)50(73)34(25-59)53-47(71)40(44(68)43(67)30-17-19-31(61)20-18-30)55-46(70)35-21-32(62)24-57(35)51(74)39(29(4)60)54-45(33)69/h17-20,27-29,32-36,39-44,49,59-63,66-68H,6-16,21-26H2,1-5H3,(H,52,64)(H,53,71)(H,54,69)(H,55,70)(H,56,72)/t27?,28-,29?,32+,33+,34?,35-,36+,39?,40?,41-,42-,43+,44+,49?/m0/s1. The molecule has 3 aliphatic rings. The first-order valence-electron chi connectivity index (χ1n) is 26.6. The molecule has 440 valence electrons. The van der Waals surface area contributed by atoms with E-state index in [9.17, 15) is 87.6 Å². The predicted molar refractivity (Wildman–Crippen MR) is 276 cm³/mol. The van der Waals surface area contributed by atoms with E-state index in [0.717, 1.165) is 76.0 Å². The summed E-state index contributed by atoms with van der Waals surface area (Å²) in [5.41, 5.74) is -0.104. The van der Waals surface area contributed by atoms with Gasteiger partial charge in [0.25, 0.3) is 0 Å². The first kappa shape index (κ1) is 65.0. The van der Waals surface area contributed by atoms with Crippen LogP contribution in [-0.4, -0.2) is 211 Å². The lowest BCUT2D eigenvalue weighted by atomic mass is 9.97. The zero-order chi connectivity index (χ0) is 58.2. The molecule has 13 N–H and O–H groups in total. The number of carbonyl (C=O) groups excluding carboxylic acids is 8. The zero-order valence-corrected chi connectivity index (χ0v) is 45.7. The lowest BCUT2D eigenvalue weighted by Crippen LogP contribution is -2.63. The molecule has 3 fully saturated rings. The van der Waals surface area contributed by atoms with Gasteiger partial charge in [-0.05, 0) is 37.0 Å². The van der Waals surface area contributed by atoms with Crippen LogP contribution in [-0.2, 0) is 52.9 Å². The van der Waals surface area contributed by atoms with Gasteiger partial charge in [-0.1, -0.05) is 90.7 Å². The van der Waals surface area contributed by atoms with E-state index in [2.05, 4.69) is 45.2 Å². The third kappa shape index (κ3) is 17.7. The SMILES string of the molecule is CCC(C)CCCCCCCCCCC(=O)N[C@@H]1C[C@@H](O)C(S(=O)(=O)CC(=O)OC)NC(=O)[C@@H]2[C@@H](O)[C@@H](C)CN2C(=O)C(CO)NC(=O)C([C@@H](O)[C@H](O)c2ccc(O)cc2)NC(=O)[C@@H]2C[C@@H](O)CN2C(=O)C(C(C)O)NC1=O. The number of aliphatic hydroxyl groups is 7. The van der Waals surface area contributed by atoms with E-state index in [4.69, 9.17) is 0 Å². The van der Waals surface area contributed by atoms with Crippen LogP contribution in [0.2, 0.25) is 0 Å². The molecule has 3 heterocycles. The molecule has 3 aliphatic heterocycles. The number of methoxy groups -OCH3 is 1. The van der Waals surface area contributed by atoms with Crippen molar-refractivity contribution in [2.24, 2.45) is 11.8 Å². The molecular weight excluding hydrogens is 1050 g/mol. The first-order valence-corrected chi connectivity index (χ1v) is 28.4. The molecule has 3 saturated heterocycles. The molecule has 0 radical (unpaired) electrons. The molecule has 7 amide bonds. The maximum absolute atomic E-state index is 14.4. The van der Waals surface area contributed by atoms with Crippen molar-refractivity contribution in [3.05, 3.63) is 29.8 Å². The minimum atomic E-state index is -5.12. The number of ether oxygens (including phenoxy) is 1. The van der Waals surface area contributed by atoms with Crippen LogP contribution in [0.1, 0.15) is 123 Å². The lowest BCUT2D eigenvalue weighted by Gasteiger charge is -2.33. The molecule has 0 aliphatic carbocycles. The summed E-state index contributed by atoms with van der Waals surface area (Å²) < 4.78 is 32.6. The van der Waals surface area contributed by atoms with Crippen LogP contribution >= 0.6 is 0 Å². The molecular formula is C51H81N7O19S. The average molecular weight is 1130 g/mol. The molecule has 4 rings (SSSR count). The van der Waals surface area contributed by atoms with Crippen LogP contribution in [0.25, 0.3) is 0 Å². The number of fused-ring (bicyclic) bond motifs is 2. The molecule has 1 aromatic carbocycles. The van der Waals surface area contributed by atoms with Crippen LogP contribution < -0.4 is 26.6 Å². The molecule has 0 spiro atoms. The van der Waals surface area contributed by atoms with E-state index in [1.807, 2.05) is 0 Å². The normalized spacial score (nSPS) is 28.6. The Bertz CT molecular complexity index is 2330. The van der Waals surface area contributed by atoms with E-state index < -0.39 is 180 Å². The number of aromatic hydroxyl groups is 1. The Labute approximate surface area is 453 Å². The monoisotopic (exact) mass is 1130 g/mol. The van der Waals surface area contributed by atoms with Crippen LogP contribution in [0.15, 0.2) is 24.3 Å². The number of sulfone groups is 1. The number of esters is 1. The van der Waals surface area contributed by atoms with E-state index in [0.29, 0.717) is 23.7 Å². The number of aliphatic hydroxyl groups excluding tert-OH is 7. The molecule has 6 unspecified atom stereocenters. The van der Waals surface area contributed by atoms with Crippen molar-refractivity contribution in [3.63, 3.8) is 0 Å². The van der Waals surface area contributed by atoms with Gasteiger partial charge in [0.15, 0.2) is 15.2 Å². The summed E-state index contributed by atoms with van der Waals surface area (Å²) in [5, 5.41) is 97.0. The Kier molecular flexibility index (Phi) is 25.1. The number of nitrogens with one attached hydrogen (secondary N) is 5. The van der Waals surface area contributed by atoms with E-state index in [-0.39, 0.29) is 17.7 Å². The number of hydrogen-bond donors (Lipinski definition) is 13. The Hall–Kier alpha value is -5.55. The largest absolute Gasteiger partial charge is 0.508 e. The zero-order valence-electron chi connectivity index (χ0n) is 44.9. The van der Waals surface area contributed by atoms with Crippen LogP contribution in [0.5, 0.6) is 5.75 Å². The number of carbonyl (C=O) groups is 8. The minimum Gasteiger partial charge on any atom is -0.508 e. The number of benzene rings is 1. The maximum atomic E-state index is 14.4. The van der Waals surface area contributed by atoms with E-state index >= 15 is 0 Å². The molecule has 27 heteroatoms. The van der Waals surface area contributed by atoms with Crippen molar-refractivity contribution >= 4 is 57.2 Å². The van der Waals surface area contributed by atoms with Crippen molar-refractivity contribution in [2.75, 3.05) is 32.6 Å². The highest BCUT2D eigenvalue weighted by molar-refractivity contribution is 7.92. The molecule has 0 bridgehead atoms. The number of phenolic OH excluding ortho intramolecular Hbond substituents is 1. The topological polar surface area (TPSA) is 408 Å². The summed E-state index contributed by atoms with van der Waals surface area (Å²) >= 11 is 0. The van der Waals surface area contributed by atoms with Crippen molar-refractivity contribution in [1.29, 1.82) is 0 Å². The molecule has 26 nitrogen and oxygen atoms in total. The van der Waals surface area contributed by atoms with Gasteiger partial charge in [0.05, 0.1) is 38.1 Å². The number of hydrogen-bond acceptors (Lipinski definition) is 19. The van der Waals surface area contributed by atoms with Gasteiger partial charge >= 0.3 is 5.97 Å². The average Bonchev–Trinajstić information content (AvgIpc) is 4.02. The van der Waals surface area contributed by atoms with E-state index in [1.165, 1.54) is 25.5 Å². The highest BCUT2D eigenvalue weighted by Crippen LogP contribution is 2.28. The lowest BCUT2D eigenvalue weighted by molar-refractivity contribution is -0.147. The summed E-state index contributed by atoms with van der Waals surface area (Å²) in [4.78, 5) is 114. The van der Waals surface area contributed by atoms with Crippen molar-refractivity contribution in [1.82, 2.24) is 36.4 Å². The van der Waals surface area contributed by atoms with Gasteiger partial charge in [0.2, 0.25) is 41.4 Å². The minimum absolute atomic E-state index is 0.104. The predicted octanol–water partition coefficient (Wildman–Crippen LogP) is -2.99. The summed E-state index contributed by atoms with van der Waals surface area (Å²) in [7, 11) is -4.27. The quantitative estimate of drug-likeness (QED) is 0.0431. The number of phenols is 1. The van der Waals surface area contributed by atoms with Gasteiger partial charge in [-0.3, -0.25) is 38.4 Å². The second-order valence-corrected chi connectivity index (χ2v) is 23.0. The van der Waals surface area contributed by atoms with Gasteiger partial charge < -0.3 is 82.0 Å². The number of nitrogens with zero attached hydrogens (tertiary/aromatic N) is 2. The molecule has 78 heavy (non-hydrogen) atoms. The Morgan fingerprint density at radius 3 is 1.96 bits per heavy atom. The summed E-state index contributed by atoms with van der Waals surface area (Å²) in [6.45, 7) is 4.48. The summed E-state index contributed by atoms with van der Waals surface area (Å²) in [5.74, 6) is -12.2. The van der Waals surface area contributed by atoms with E-state index in [1.54, 1.807) is 0 Å². The van der Waals surface area contributed by atoms with Crippen LogP contribution in [0.3, 0.4) is 0 Å². The molecule has 15 atom stereocenters. The second-order valence-electron chi connectivity index (χ2n) is 20.9.